The molecule has 0 fully saturated rings. The molecule has 2 N–H and O–H groups in total. The van der Waals surface area contributed by atoms with Gasteiger partial charge in [0, 0.05) is 10.0 Å². The highest BCUT2D eigenvalue weighted by atomic mass is 79.9. The van der Waals surface area contributed by atoms with E-state index in [1.807, 2.05) is 12.1 Å². The number of nitrogens with zero attached hydrogens (tertiary/aromatic N) is 1. The fourth-order valence-corrected chi connectivity index (χ4v) is 5.32. The van der Waals surface area contributed by atoms with Crippen molar-refractivity contribution >= 4 is 58.5 Å². The molecule has 154 valence electrons. The molecular weight excluding hydrogens is 478 g/mol. The minimum atomic E-state index is -3.77. The van der Waals surface area contributed by atoms with Crippen LogP contribution in [0.15, 0.2) is 45.8 Å². The largest absolute Gasteiger partial charge is 0.497 e. The number of ether oxygens (including phenoxy) is 1. The number of rotatable bonds is 5. The number of hydrogen-bond acceptors (Lipinski definition) is 6. The molecule has 2 aromatic carbocycles. The Morgan fingerprint density at radius 2 is 1.90 bits per heavy atom. The smallest absolute Gasteiger partial charge is 0.258 e. The zero-order chi connectivity index (χ0) is 21.4. The molecule has 0 unspecified atom stereocenters. The van der Waals surface area contributed by atoms with E-state index < -0.39 is 21.5 Å². The summed E-state index contributed by atoms with van der Waals surface area (Å²) in [5.74, 6) is 0.238. The fraction of sp³-hybridized carbons (Fsp3) is 0.263. The van der Waals surface area contributed by atoms with Gasteiger partial charge >= 0.3 is 0 Å². The van der Waals surface area contributed by atoms with Crippen molar-refractivity contribution in [1.29, 1.82) is 0 Å². The molecule has 0 bridgehead atoms. The summed E-state index contributed by atoms with van der Waals surface area (Å²) in [5, 5.41) is 3.14. The highest BCUT2D eigenvalue weighted by molar-refractivity contribution is 9.10. The molecule has 1 aromatic heterocycles. The second-order valence-electron chi connectivity index (χ2n) is 7.30. The van der Waals surface area contributed by atoms with Crippen molar-refractivity contribution in [3.63, 3.8) is 0 Å². The maximum Gasteiger partial charge on any atom is 0.258 e. The van der Waals surface area contributed by atoms with Gasteiger partial charge in [-0.3, -0.25) is 10.1 Å². The monoisotopic (exact) mass is 497 g/mol. The number of aromatic nitrogens is 1. The molecule has 7 nitrogen and oxygen atoms in total. The van der Waals surface area contributed by atoms with E-state index in [1.165, 1.54) is 29.5 Å². The highest BCUT2D eigenvalue weighted by Gasteiger charge is 2.24. The van der Waals surface area contributed by atoms with Gasteiger partial charge in [-0.2, -0.15) is 0 Å². The van der Waals surface area contributed by atoms with Crippen LogP contribution in [0.1, 0.15) is 31.1 Å². The third kappa shape index (κ3) is 5.13. The first-order valence-electron chi connectivity index (χ1n) is 8.58. The Morgan fingerprint density at radius 1 is 1.17 bits per heavy atom. The highest BCUT2D eigenvalue weighted by Crippen LogP contribution is 2.30. The van der Waals surface area contributed by atoms with E-state index in [0.29, 0.717) is 15.4 Å². The summed E-state index contributed by atoms with van der Waals surface area (Å²) in [6, 6.07) is 9.75. The lowest BCUT2D eigenvalue weighted by atomic mass is 10.1. The molecule has 3 aromatic rings. The summed E-state index contributed by atoms with van der Waals surface area (Å²) in [6.45, 7) is 5.25. The van der Waals surface area contributed by atoms with Crippen LogP contribution in [0.25, 0.3) is 10.2 Å². The van der Waals surface area contributed by atoms with Crippen molar-refractivity contribution in [2.75, 3.05) is 12.4 Å². The van der Waals surface area contributed by atoms with Gasteiger partial charge in [-0.05, 0) is 73.1 Å². The van der Waals surface area contributed by atoms with E-state index in [9.17, 15) is 13.2 Å². The van der Waals surface area contributed by atoms with Gasteiger partial charge in [-0.1, -0.05) is 11.3 Å². The lowest BCUT2D eigenvalue weighted by Crippen LogP contribution is -2.40. The number of fused-ring (bicyclic) bond motifs is 1. The number of thiazole rings is 1. The lowest BCUT2D eigenvalue weighted by Gasteiger charge is -2.20. The summed E-state index contributed by atoms with van der Waals surface area (Å²) in [7, 11) is -2.19. The van der Waals surface area contributed by atoms with Gasteiger partial charge in [0.2, 0.25) is 10.0 Å². The number of methoxy groups -OCH3 is 1. The van der Waals surface area contributed by atoms with Crippen LogP contribution < -0.4 is 14.8 Å². The number of amides is 1. The molecule has 0 aliphatic heterocycles. The maximum atomic E-state index is 12.8. The summed E-state index contributed by atoms with van der Waals surface area (Å²) in [6.07, 6.45) is 0. The summed E-state index contributed by atoms with van der Waals surface area (Å²) in [4.78, 5) is 17.2. The molecular formula is C19H20BrN3O4S2. The van der Waals surface area contributed by atoms with Crippen molar-refractivity contribution in [3.8, 4) is 5.75 Å². The first kappa shape index (κ1) is 21.7. The fourth-order valence-electron chi connectivity index (χ4n) is 2.56. The Hall–Kier alpha value is -2.01. The predicted molar refractivity (Wildman–Crippen MR) is 118 cm³/mol. The van der Waals surface area contributed by atoms with Gasteiger partial charge in [-0.15, -0.1) is 0 Å². The average molecular weight is 498 g/mol. The average Bonchev–Trinajstić information content (AvgIpc) is 3.00. The van der Waals surface area contributed by atoms with Crippen molar-refractivity contribution in [3.05, 3.63) is 46.4 Å². The summed E-state index contributed by atoms with van der Waals surface area (Å²) in [5.41, 5.74) is 0.283. The van der Waals surface area contributed by atoms with Gasteiger partial charge in [0.25, 0.3) is 5.91 Å². The molecule has 0 radical (unpaired) electrons. The summed E-state index contributed by atoms with van der Waals surface area (Å²) >= 11 is 4.62. The van der Waals surface area contributed by atoms with Crippen LogP contribution in [0.2, 0.25) is 0 Å². The Labute approximate surface area is 181 Å². The third-order valence-corrected chi connectivity index (χ3v) is 7.13. The number of hydrogen-bond donors (Lipinski definition) is 2. The molecule has 0 aliphatic carbocycles. The number of nitrogens with one attached hydrogen (secondary N) is 2. The molecule has 3 rings (SSSR count). The Bertz CT molecular complexity index is 1180. The summed E-state index contributed by atoms with van der Waals surface area (Å²) < 4.78 is 34.3. The van der Waals surface area contributed by atoms with Crippen LogP contribution in [0, 0.1) is 0 Å². The number of carbonyl (C=O) groups is 1. The number of halogens is 1. The molecule has 0 atom stereocenters. The molecule has 0 aliphatic rings. The minimum absolute atomic E-state index is 0.00908. The molecule has 0 saturated carbocycles. The molecule has 0 spiro atoms. The van der Waals surface area contributed by atoms with Crippen LogP contribution >= 0.6 is 27.3 Å². The van der Waals surface area contributed by atoms with Crippen molar-refractivity contribution in [1.82, 2.24) is 9.71 Å². The first-order chi connectivity index (χ1) is 13.5. The van der Waals surface area contributed by atoms with E-state index in [2.05, 4.69) is 31.0 Å². The van der Waals surface area contributed by atoms with Crippen LogP contribution in [0.5, 0.6) is 5.75 Å². The van der Waals surface area contributed by atoms with Crippen molar-refractivity contribution in [2.45, 2.75) is 31.2 Å². The number of carbonyl (C=O) groups excluding carboxylic acids is 1. The van der Waals surface area contributed by atoms with Gasteiger partial charge in [-0.25, -0.2) is 18.1 Å². The Kier molecular flexibility index (Phi) is 6.00. The van der Waals surface area contributed by atoms with E-state index in [-0.39, 0.29) is 10.5 Å². The van der Waals surface area contributed by atoms with E-state index in [1.54, 1.807) is 33.9 Å². The van der Waals surface area contributed by atoms with Crippen LogP contribution in [-0.2, 0) is 10.0 Å². The zero-order valence-corrected chi connectivity index (χ0v) is 19.5. The Morgan fingerprint density at radius 3 is 2.55 bits per heavy atom. The van der Waals surface area contributed by atoms with Crippen molar-refractivity contribution < 1.29 is 17.9 Å². The van der Waals surface area contributed by atoms with Crippen molar-refractivity contribution in [2.24, 2.45) is 0 Å². The van der Waals surface area contributed by atoms with Crippen LogP contribution in [0.4, 0.5) is 5.13 Å². The van der Waals surface area contributed by atoms with Crippen LogP contribution in [0.3, 0.4) is 0 Å². The molecule has 1 amide bonds. The van der Waals surface area contributed by atoms with Crippen LogP contribution in [-0.4, -0.2) is 32.0 Å². The van der Waals surface area contributed by atoms with Gasteiger partial charge in [0.1, 0.15) is 5.75 Å². The maximum absolute atomic E-state index is 12.8. The quantitative estimate of drug-likeness (QED) is 0.544. The van der Waals surface area contributed by atoms with E-state index in [0.717, 1.165) is 10.2 Å². The second kappa shape index (κ2) is 8.02. The SMILES string of the molecule is COc1ccc2nc(NC(=O)c3cc(S(=O)(=O)NC(C)(C)C)ccc3Br)sc2c1. The Balaban J connectivity index is 1.89. The molecule has 10 heteroatoms. The minimum Gasteiger partial charge on any atom is -0.497 e. The van der Waals surface area contributed by atoms with E-state index >= 15 is 0 Å². The number of benzene rings is 2. The van der Waals surface area contributed by atoms with Gasteiger partial charge < -0.3 is 4.74 Å². The first-order valence-corrected chi connectivity index (χ1v) is 11.7. The standard InChI is InChI=1S/C19H20BrN3O4S2/c1-19(2,3)23-29(25,26)12-6-7-14(20)13(10-12)17(24)22-18-21-15-8-5-11(27-4)9-16(15)28-18/h5-10,23H,1-4H3,(H,21,22,24). The predicted octanol–water partition coefficient (Wildman–Crippen LogP) is 4.40. The molecule has 29 heavy (non-hydrogen) atoms. The third-order valence-electron chi connectivity index (χ3n) is 3.75. The molecule has 1 heterocycles. The lowest BCUT2D eigenvalue weighted by molar-refractivity contribution is 0.102. The number of anilines is 1. The topological polar surface area (TPSA) is 97.4 Å². The normalized spacial score (nSPS) is 12.2. The van der Waals surface area contributed by atoms with Gasteiger partial charge in [0.15, 0.2) is 5.13 Å². The number of sulfonamides is 1. The zero-order valence-electron chi connectivity index (χ0n) is 16.2. The van der Waals surface area contributed by atoms with Gasteiger partial charge in [0.05, 0.1) is 27.8 Å². The molecule has 0 saturated heterocycles. The second-order valence-corrected chi connectivity index (χ2v) is 10.9. The van der Waals surface area contributed by atoms with E-state index in [4.69, 9.17) is 4.74 Å².